The van der Waals surface area contributed by atoms with Crippen LogP contribution in [0.2, 0.25) is 5.31 Å². The number of hydrogen-bond acceptors (Lipinski definition) is 0. The van der Waals surface area contributed by atoms with Gasteiger partial charge in [0.1, 0.15) is 0 Å². The van der Waals surface area contributed by atoms with Crippen LogP contribution in [0, 0.1) is 5.92 Å². The fraction of sp³-hybridized carbons (Fsp3) is 1.00. The van der Waals surface area contributed by atoms with Crippen LogP contribution < -0.4 is 0 Å². The molecule has 2 aliphatic rings. The van der Waals surface area contributed by atoms with E-state index in [4.69, 9.17) is 0 Å². The standard InChI is InChI=1S/C6H7BF5/c8-6(9)4-2-1-3-5(4,6)7(10,11)12/h4H,1-3H2/q-1. The molecule has 0 heterocycles. The summed E-state index contributed by atoms with van der Waals surface area (Å²) in [6.07, 6.45) is -0.0378. The van der Waals surface area contributed by atoms with E-state index in [2.05, 4.69) is 0 Å². The smallest absolute Gasteiger partial charge is 0.448 e. The summed E-state index contributed by atoms with van der Waals surface area (Å²) >= 11 is 0. The van der Waals surface area contributed by atoms with Gasteiger partial charge < -0.3 is 12.9 Å². The van der Waals surface area contributed by atoms with E-state index in [-0.39, 0.29) is 12.8 Å². The van der Waals surface area contributed by atoms with Gasteiger partial charge in [-0.25, -0.2) is 8.78 Å². The first-order chi connectivity index (χ1) is 5.34. The van der Waals surface area contributed by atoms with E-state index in [0.29, 0.717) is 6.42 Å². The Balaban J connectivity index is 2.34. The molecule has 2 unspecified atom stereocenters. The van der Waals surface area contributed by atoms with E-state index in [1.165, 1.54) is 0 Å². The first-order valence-corrected chi connectivity index (χ1v) is 3.91. The van der Waals surface area contributed by atoms with Gasteiger partial charge in [0.25, 0.3) is 0 Å². The molecule has 0 aliphatic heterocycles. The Kier molecular flexibility index (Phi) is 1.25. The molecule has 0 spiro atoms. The lowest BCUT2D eigenvalue weighted by atomic mass is 9.66. The Morgan fingerprint density at radius 1 is 1.17 bits per heavy atom. The molecule has 0 aromatic carbocycles. The topological polar surface area (TPSA) is 0 Å². The van der Waals surface area contributed by atoms with Gasteiger partial charge in [0.15, 0.2) is 0 Å². The van der Waals surface area contributed by atoms with Crippen molar-refractivity contribution in [1.82, 2.24) is 0 Å². The Bertz CT molecular complexity index is 210. The van der Waals surface area contributed by atoms with Crippen LogP contribution in [-0.2, 0) is 0 Å². The molecule has 2 saturated carbocycles. The summed E-state index contributed by atoms with van der Waals surface area (Å²) in [7, 11) is 0. The maximum atomic E-state index is 12.7. The van der Waals surface area contributed by atoms with Crippen molar-refractivity contribution < 1.29 is 21.7 Å². The van der Waals surface area contributed by atoms with Crippen molar-refractivity contribution in [3.05, 3.63) is 0 Å². The molecular weight excluding hydrogens is 178 g/mol. The lowest BCUT2D eigenvalue weighted by Crippen LogP contribution is -2.29. The number of rotatable bonds is 1. The molecule has 2 rings (SSSR count). The summed E-state index contributed by atoms with van der Waals surface area (Å²) < 4.78 is 62.2. The molecule has 0 amide bonds. The van der Waals surface area contributed by atoms with E-state index < -0.39 is 24.1 Å². The fourth-order valence-corrected chi connectivity index (χ4v) is 2.54. The monoisotopic (exact) mass is 185 g/mol. The molecule has 70 valence electrons. The molecule has 0 aromatic heterocycles. The zero-order chi connectivity index (χ0) is 9.20. The van der Waals surface area contributed by atoms with Crippen LogP contribution in [0.3, 0.4) is 0 Å². The highest BCUT2D eigenvalue weighted by atomic mass is 19.4. The van der Waals surface area contributed by atoms with Crippen molar-refractivity contribution in [2.24, 2.45) is 5.92 Å². The SMILES string of the molecule is F[B-](F)(F)C12CCCC1C2(F)F. The lowest BCUT2D eigenvalue weighted by Gasteiger charge is -2.24. The van der Waals surface area contributed by atoms with Crippen molar-refractivity contribution in [3.8, 4) is 0 Å². The predicted molar refractivity (Wildman–Crippen MR) is 34.1 cm³/mol. The van der Waals surface area contributed by atoms with Gasteiger partial charge in [0, 0.05) is 11.2 Å². The van der Waals surface area contributed by atoms with Gasteiger partial charge in [-0.2, -0.15) is 0 Å². The molecular formula is C6H7BF5-. The van der Waals surface area contributed by atoms with Crippen molar-refractivity contribution in [1.29, 1.82) is 0 Å². The van der Waals surface area contributed by atoms with E-state index in [0.717, 1.165) is 0 Å². The van der Waals surface area contributed by atoms with Gasteiger partial charge in [0.2, 0.25) is 5.92 Å². The normalized spacial score (nSPS) is 44.2. The second-order valence-electron chi connectivity index (χ2n) is 3.68. The summed E-state index contributed by atoms with van der Waals surface area (Å²) in [5, 5.41) is -2.58. The number of fused-ring (bicyclic) bond motifs is 1. The summed E-state index contributed by atoms with van der Waals surface area (Å²) in [5.41, 5.74) is 0. The molecule has 2 atom stereocenters. The van der Waals surface area contributed by atoms with E-state index in [9.17, 15) is 21.7 Å². The molecule has 12 heavy (non-hydrogen) atoms. The van der Waals surface area contributed by atoms with Gasteiger partial charge in [-0.1, -0.05) is 12.8 Å². The molecule has 6 heteroatoms. The molecule has 0 saturated heterocycles. The van der Waals surface area contributed by atoms with Crippen LogP contribution in [-0.4, -0.2) is 12.9 Å². The van der Waals surface area contributed by atoms with Crippen molar-refractivity contribution in [2.75, 3.05) is 0 Å². The minimum absolute atomic E-state index is 0.0360. The summed E-state index contributed by atoms with van der Waals surface area (Å²) in [6.45, 7) is -5.37. The highest BCUT2D eigenvalue weighted by Gasteiger charge is 2.86. The predicted octanol–water partition coefficient (Wildman–Crippen LogP) is 3.02. The van der Waals surface area contributed by atoms with Gasteiger partial charge in [-0.05, 0) is 6.42 Å². The van der Waals surface area contributed by atoms with Crippen LogP contribution in [0.25, 0.3) is 0 Å². The number of alkyl halides is 2. The molecule has 0 N–H and O–H groups in total. The Morgan fingerprint density at radius 3 is 2.00 bits per heavy atom. The molecule has 2 aliphatic carbocycles. The lowest BCUT2D eigenvalue weighted by molar-refractivity contribution is 0.0688. The van der Waals surface area contributed by atoms with Gasteiger partial charge in [0.05, 0.1) is 0 Å². The van der Waals surface area contributed by atoms with Crippen LogP contribution >= 0.6 is 0 Å². The van der Waals surface area contributed by atoms with Crippen molar-refractivity contribution in [2.45, 2.75) is 30.5 Å². The van der Waals surface area contributed by atoms with Crippen LogP contribution in [0.15, 0.2) is 0 Å². The Hall–Kier alpha value is -0.285. The third-order valence-corrected chi connectivity index (χ3v) is 3.26. The third kappa shape index (κ3) is 0.612. The Morgan fingerprint density at radius 2 is 1.75 bits per heavy atom. The third-order valence-electron chi connectivity index (χ3n) is 3.26. The first-order valence-electron chi connectivity index (χ1n) is 3.91. The zero-order valence-electron chi connectivity index (χ0n) is 6.17. The largest absolute Gasteiger partial charge is 0.490 e. The summed E-state index contributed by atoms with van der Waals surface area (Å²) in [4.78, 5) is 0. The van der Waals surface area contributed by atoms with E-state index in [1.807, 2.05) is 0 Å². The van der Waals surface area contributed by atoms with Crippen LogP contribution in [0.5, 0.6) is 0 Å². The quantitative estimate of drug-likeness (QED) is 0.435. The second-order valence-corrected chi connectivity index (χ2v) is 3.68. The van der Waals surface area contributed by atoms with E-state index >= 15 is 0 Å². The van der Waals surface area contributed by atoms with Crippen LogP contribution in [0.1, 0.15) is 19.3 Å². The second kappa shape index (κ2) is 1.80. The van der Waals surface area contributed by atoms with Gasteiger partial charge in [-0.15, -0.1) is 0 Å². The van der Waals surface area contributed by atoms with E-state index in [1.54, 1.807) is 0 Å². The molecule has 0 nitrogen and oxygen atoms in total. The van der Waals surface area contributed by atoms with Crippen molar-refractivity contribution >= 4 is 6.98 Å². The molecule has 0 radical (unpaired) electrons. The van der Waals surface area contributed by atoms with Crippen molar-refractivity contribution in [3.63, 3.8) is 0 Å². The first kappa shape index (κ1) is 8.32. The maximum Gasteiger partial charge on any atom is 0.490 e. The minimum Gasteiger partial charge on any atom is -0.448 e. The highest BCUT2D eigenvalue weighted by Crippen LogP contribution is 2.83. The minimum atomic E-state index is -5.37. The zero-order valence-corrected chi connectivity index (χ0v) is 6.17. The molecule has 2 fully saturated rings. The summed E-state index contributed by atoms with van der Waals surface area (Å²) in [5.74, 6) is -4.85. The number of hydrogen-bond donors (Lipinski definition) is 0. The van der Waals surface area contributed by atoms with Crippen LogP contribution in [0.4, 0.5) is 21.7 Å². The molecule has 0 aromatic rings. The average molecular weight is 185 g/mol. The summed E-state index contributed by atoms with van der Waals surface area (Å²) in [6, 6.07) is 0. The highest BCUT2D eigenvalue weighted by molar-refractivity contribution is 6.64. The van der Waals surface area contributed by atoms with Gasteiger partial charge in [-0.3, -0.25) is 0 Å². The Labute approximate surface area is 66.2 Å². The average Bonchev–Trinajstić information content (AvgIpc) is 2.29. The molecule has 0 bridgehead atoms. The number of halogens is 5. The maximum absolute atomic E-state index is 12.7. The van der Waals surface area contributed by atoms with Gasteiger partial charge >= 0.3 is 6.98 Å². The fourth-order valence-electron chi connectivity index (χ4n) is 2.54.